The van der Waals surface area contributed by atoms with E-state index < -0.39 is 0 Å². The van der Waals surface area contributed by atoms with Crippen LogP contribution in [0.4, 0.5) is 0 Å². The van der Waals surface area contributed by atoms with E-state index in [0.717, 1.165) is 19.6 Å². The normalized spacial score (nSPS) is 14.1. The van der Waals surface area contributed by atoms with Gasteiger partial charge in [-0.15, -0.1) is 0 Å². The van der Waals surface area contributed by atoms with Gasteiger partial charge in [-0.3, -0.25) is 0 Å². The van der Waals surface area contributed by atoms with Crippen LogP contribution in [0.3, 0.4) is 0 Å². The molecule has 0 aliphatic carbocycles. The molecule has 1 aliphatic heterocycles. The predicted molar refractivity (Wildman–Crippen MR) is 88.2 cm³/mol. The lowest BCUT2D eigenvalue weighted by Gasteiger charge is -2.01. The number of aliphatic hydroxyl groups is 1. The molecule has 0 amide bonds. The summed E-state index contributed by atoms with van der Waals surface area (Å²) >= 11 is 0. The Kier molecular flexibility index (Phi) is 18.8. The highest BCUT2D eigenvalue weighted by atomic mass is 16.5. The van der Waals surface area contributed by atoms with Gasteiger partial charge in [0.2, 0.25) is 0 Å². The SMILES string of the molecule is C1CCOC1.CCCCCCCCCCCCCCO. The van der Waals surface area contributed by atoms with Crippen molar-refractivity contribution in [2.45, 2.75) is 96.8 Å². The Morgan fingerprint density at radius 3 is 1.35 bits per heavy atom. The van der Waals surface area contributed by atoms with Gasteiger partial charge in [-0.1, -0.05) is 77.6 Å². The highest BCUT2D eigenvalue weighted by Gasteiger charge is 1.95. The first-order chi connectivity index (χ1) is 9.91. The third-order valence-electron chi connectivity index (χ3n) is 3.84. The summed E-state index contributed by atoms with van der Waals surface area (Å²) < 4.78 is 4.94. The molecule has 0 unspecified atom stereocenters. The van der Waals surface area contributed by atoms with Crippen LogP contribution in [0.5, 0.6) is 0 Å². The second-order valence-electron chi connectivity index (χ2n) is 5.93. The number of unbranched alkanes of at least 4 members (excludes halogenated alkanes) is 11. The molecule has 1 N–H and O–H groups in total. The topological polar surface area (TPSA) is 29.5 Å². The highest BCUT2D eigenvalue weighted by Crippen LogP contribution is 2.11. The first kappa shape index (κ1) is 19.9. The Morgan fingerprint density at radius 2 is 1.05 bits per heavy atom. The van der Waals surface area contributed by atoms with Gasteiger partial charge in [0.25, 0.3) is 0 Å². The Labute approximate surface area is 127 Å². The van der Waals surface area contributed by atoms with Gasteiger partial charge < -0.3 is 9.84 Å². The molecule has 1 fully saturated rings. The predicted octanol–water partition coefficient (Wildman–Crippen LogP) is 5.48. The lowest BCUT2D eigenvalue weighted by atomic mass is 10.1. The van der Waals surface area contributed by atoms with Crippen molar-refractivity contribution in [1.82, 2.24) is 0 Å². The van der Waals surface area contributed by atoms with Crippen LogP contribution in [0.15, 0.2) is 0 Å². The fourth-order valence-electron chi connectivity index (χ4n) is 2.46. The minimum atomic E-state index is 0.372. The molecule has 0 saturated carbocycles. The molecule has 20 heavy (non-hydrogen) atoms. The average molecular weight is 286 g/mol. The van der Waals surface area contributed by atoms with Crippen LogP contribution in [-0.4, -0.2) is 24.9 Å². The Morgan fingerprint density at radius 1 is 0.650 bits per heavy atom. The first-order valence-corrected chi connectivity index (χ1v) is 9.10. The number of hydrogen-bond donors (Lipinski definition) is 1. The van der Waals surface area contributed by atoms with E-state index in [4.69, 9.17) is 9.84 Å². The van der Waals surface area contributed by atoms with Crippen molar-refractivity contribution in [3.63, 3.8) is 0 Å². The maximum atomic E-state index is 8.61. The minimum Gasteiger partial charge on any atom is -0.396 e. The molecule has 0 spiro atoms. The van der Waals surface area contributed by atoms with E-state index in [1.807, 2.05) is 0 Å². The van der Waals surface area contributed by atoms with Crippen molar-refractivity contribution in [3.05, 3.63) is 0 Å². The summed E-state index contributed by atoms with van der Waals surface area (Å²) in [7, 11) is 0. The van der Waals surface area contributed by atoms with Gasteiger partial charge >= 0.3 is 0 Å². The molecule has 1 heterocycles. The van der Waals surface area contributed by atoms with Crippen LogP contribution in [0, 0.1) is 0 Å². The molecule has 0 aromatic heterocycles. The lowest BCUT2D eigenvalue weighted by molar-refractivity contribution is 0.198. The van der Waals surface area contributed by atoms with Gasteiger partial charge in [-0.2, -0.15) is 0 Å². The van der Waals surface area contributed by atoms with E-state index in [2.05, 4.69) is 6.92 Å². The fraction of sp³-hybridized carbons (Fsp3) is 1.00. The van der Waals surface area contributed by atoms with Gasteiger partial charge in [0.1, 0.15) is 0 Å². The largest absolute Gasteiger partial charge is 0.396 e. The van der Waals surface area contributed by atoms with Crippen molar-refractivity contribution in [3.8, 4) is 0 Å². The van der Waals surface area contributed by atoms with Crippen LogP contribution in [-0.2, 0) is 4.74 Å². The van der Waals surface area contributed by atoms with E-state index in [-0.39, 0.29) is 0 Å². The van der Waals surface area contributed by atoms with Crippen LogP contribution in [0.2, 0.25) is 0 Å². The molecule has 2 heteroatoms. The van der Waals surface area contributed by atoms with Crippen LogP contribution < -0.4 is 0 Å². The van der Waals surface area contributed by atoms with Gasteiger partial charge in [-0.05, 0) is 19.3 Å². The van der Waals surface area contributed by atoms with E-state index >= 15 is 0 Å². The van der Waals surface area contributed by atoms with Gasteiger partial charge in [-0.25, -0.2) is 0 Å². The molecule has 1 saturated heterocycles. The van der Waals surface area contributed by atoms with Crippen LogP contribution in [0.25, 0.3) is 0 Å². The zero-order valence-corrected chi connectivity index (χ0v) is 13.9. The fourth-order valence-corrected chi connectivity index (χ4v) is 2.46. The molecule has 2 nitrogen and oxygen atoms in total. The smallest absolute Gasteiger partial charge is 0.0466 e. The molecular formula is C18H38O2. The van der Waals surface area contributed by atoms with Crippen molar-refractivity contribution < 1.29 is 9.84 Å². The summed E-state index contributed by atoms with van der Waals surface area (Å²) in [5.74, 6) is 0. The van der Waals surface area contributed by atoms with E-state index in [1.54, 1.807) is 0 Å². The van der Waals surface area contributed by atoms with Gasteiger partial charge in [0.05, 0.1) is 0 Å². The number of hydrogen-bond acceptors (Lipinski definition) is 2. The van der Waals surface area contributed by atoms with E-state index in [1.165, 1.54) is 83.5 Å². The van der Waals surface area contributed by atoms with Gasteiger partial charge in [0, 0.05) is 19.8 Å². The zero-order valence-electron chi connectivity index (χ0n) is 13.9. The van der Waals surface area contributed by atoms with Crippen molar-refractivity contribution in [1.29, 1.82) is 0 Å². The molecule has 122 valence electrons. The molecule has 0 radical (unpaired) electrons. The standard InChI is InChI=1S/C14H30O.C4H8O/c1-2-3-4-5-6-7-8-9-10-11-12-13-14-15;1-2-4-5-3-1/h15H,2-14H2,1H3;1-4H2. The Balaban J connectivity index is 0.000000595. The van der Waals surface area contributed by atoms with Gasteiger partial charge in [0.15, 0.2) is 0 Å². The summed E-state index contributed by atoms with van der Waals surface area (Å²) in [4.78, 5) is 0. The molecule has 0 aromatic carbocycles. The molecule has 1 rings (SSSR count). The first-order valence-electron chi connectivity index (χ1n) is 9.10. The summed E-state index contributed by atoms with van der Waals surface area (Å²) in [6.07, 6.45) is 18.8. The summed E-state index contributed by atoms with van der Waals surface area (Å²) in [6.45, 7) is 4.64. The summed E-state index contributed by atoms with van der Waals surface area (Å²) in [5.41, 5.74) is 0. The third kappa shape index (κ3) is 17.9. The zero-order chi connectivity index (χ0) is 14.7. The molecule has 0 bridgehead atoms. The molecular weight excluding hydrogens is 248 g/mol. The summed E-state index contributed by atoms with van der Waals surface area (Å²) in [6, 6.07) is 0. The maximum Gasteiger partial charge on any atom is 0.0466 e. The van der Waals surface area contributed by atoms with Crippen molar-refractivity contribution >= 4 is 0 Å². The van der Waals surface area contributed by atoms with Crippen LogP contribution >= 0.6 is 0 Å². The quantitative estimate of drug-likeness (QED) is 0.482. The van der Waals surface area contributed by atoms with Crippen molar-refractivity contribution in [2.75, 3.05) is 19.8 Å². The second kappa shape index (κ2) is 18.9. The highest BCUT2D eigenvalue weighted by molar-refractivity contribution is 4.48. The Hall–Kier alpha value is -0.0800. The lowest BCUT2D eigenvalue weighted by Crippen LogP contribution is -1.84. The minimum absolute atomic E-state index is 0.372. The maximum absolute atomic E-state index is 8.61. The Bertz CT molecular complexity index is 136. The molecule has 0 atom stereocenters. The number of aliphatic hydroxyl groups excluding tert-OH is 1. The van der Waals surface area contributed by atoms with Crippen LogP contribution in [0.1, 0.15) is 96.8 Å². The monoisotopic (exact) mass is 286 g/mol. The molecule has 0 aromatic rings. The second-order valence-corrected chi connectivity index (χ2v) is 5.93. The third-order valence-corrected chi connectivity index (χ3v) is 3.84. The number of rotatable bonds is 12. The molecule has 1 aliphatic rings. The van der Waals surface area contributed by atoms with Crippen molar-refractivity contribution in [2.24, 2.45) is 0 Å². The van der Waals surface area contributed by atoms with E-state index in [9.17, 15) is 0 Å². The van der Waals surface area contributed by atoms with E-state index in [0.29, 0.717) is 6.61 Å². The summed E-state index contributed by atoms with van der Waals surface area (Å²) in [5, 5.41) is 8.61. The number of ether oxygens (including phenoxy) is 1. The average Bonchev–Trinajstić information content (AvgIpc) is 3.04.